The molecule has 0 aliphatic rings. The van der Waals surface area contributed by atoms with Crippen molar-refractivity contribution < 1.29 is 22.7 Å². The molecule has 0 spiro atoms. The zero-order valence-electron chi connectivity index (χ0n) is 21.0. The molecule has 3 aromatic carbocycles. The van der Waals surface area contributed by atoms with Crippen molar-refractivity contribution >= 4 is 40.5 Å². The van der Waals surface area contributed by atoms with Crippen molar-refractivity contribution in [2.24, 2.45) is 0 Å². The Morgan fingerprint density at radius 3 is 2.48 bits per heavy atom. The summed E-state index contributed by atoms with van der Waals surface area (Å²) >= 11 is 6.02. The Hall–Kier alpha value is -4.77. The van der Waals surface area contributed by atoms with Crippen molar-refractivity contribution in [3.63, 3.8) is 0 Å². The van der Waals surface area contributed by atoms with Crippen molar-refractivity contribution in [3.05, 3.63) is 102 Å². The van der Waals surface area contributed by atoms with E-state index in [4.69, 9.17) is 16.6 Å². The molecule has 204 valence electrons. The number of nitrogens with one attached hydrogen (secondary N) is 2. The molecule has 0 atom stereocenters. The molecule has 5 aromatic rings. The van der Waals surface area contributed by atoms with E-state index in [9.17, 15) is 18.0 Å². The van der Waals surface area contributed by atoms with Crippen molar-refractivity contribution in [2.45, 2.75) is 12.9 Å². The molecule has 0 saturated carbocycles. The standard InChI is InChI=1S/C28H22ClF3N6O2/c1-37(16-18-5-7-20(29)8-6-18)26-25-33-13-14-38(25)17-24(36-26)19-3-2-4-22(15-19)35-27(39)34-21-9-11-23(12-10-21)40-28(30,31)32/h2-15,17H,16H2,1H3,(H2,34,35,39). The van der Waals surface area contributed by atoms with Crippen LogP contribution in [0.1, 0.15) is 5.56 Å². The second-order valence-corrected chi connectivity index (χ2v) is 9.26. The summed E-state index contributed by atoms with van der Waals surface area (Å²) in [6, 6.07) is 19.0. The van der Waals surface area contributed by atoms with Crippen LogP contribution in [0.3, 0.4) is 0 Å². The molecule has 0 aliphatic carbocycles. The summed E-state index contributed by atoms with van der Waals surface area (Å²) in [6.07, 6.45) is 0.596. The van der Waals surface area contributed by atoms with Gasteiger partial charge in [-0.15, -0.1) is 13.2 Å². The Balaban J connectivity index is 1.32. The summed E-state index contributed by atoms with van der Waals surface area (Å²) in [6.45, 7) is 0.585. The minimum atomic E-state index is -4.79. The number of nitrogens with zero attached hydrogens (tertiary/aromatic N) is 4. The van der Waals surface area contributed by atoms with Gasteiger partial charge in [0.25, 0.3) is 0 Å². The van der Waals surface area contributed by atoms with Crippen LogP contribution < -0.4 is 20.3 Å². The lowest BCUT2D eigenvalue weighted by Gasteiger charge is -2.20. The average molecular weight is 567 g/mol. The fraction of sp³-hybridized carbons (Fsp3) is 0.107. The van der Waals surface area contributed by atoms with Crippen LogP contribution in [0.2, 0.25) is 5.02 Å². The Bertz CT molecular complexity index is 1640. The first kappa shape index (κ1) is 26.8. The highest BCUT2D eigenvalue weighted by Gasteiger charge is 2.31. The molecule has 5 rings (SSSR count). The lowest BCUT2D eigenvalue weighted by Crippen LogP contribution is -2.20. The maximum Gasteiger partial charge on any atom is 0.573 e. The molecule has 2 N–H and O–H groups in total. The number of urea groups is 1. The van der Waals surface area contributed by atoms with Crippen LogP contribution in [-0.4, -0.2) is 33.8 Å². The molecule has 12 heteroatoms. The van der Waals surface area contributed by atoms with Gasteiger partial charge in [-0.25, -0.2) is 14.8 Å². The summed E-state index contributed by atoms with van der Waals surface area (Å²) < 4.78 is 42.8. The number of rotatable bonds is 7. The maximum absolute atomic E-state index is 12.5. The summed E-state index contributed by atoms with van der Waals surface area (Å²) in [4.78, 5) is 23.9. The smallest absolute Gasteiger partial charge is 0.406 e. The molecule has 0 fully saturated rings. The second-order valence-electron chi connectivity index (χ2n) is 8.82. The van der Waals surface area contributed by atoms with Gasteiger partial charge >= 0.3 is 12.4 Å². The highest BCUT2D eigenvalue weighted by Crippen LogP contribution is 2.27. The van der Waals surface area contributed by atoms with E-state index < -0.39 is 12.4 Å². The number of anilines is 3. The predicted octanol–water partition coefficient (Wildman–Crippen LogP) is 7.23. The van der Waals surface area contributed by atoms with Crippen molar-refractivity contribution in [3.8, 4) is 17.0 Å². The fourth-order valence-electron chi connectivity index (χ4n) is 4.04. The molecule has 0 aliphatic heterocycles. The minimum Gasteiger partial charge on any atom is -0.406 e. The van der Waals surface area contributed by atoms with Gasteiger partial charge in [-0.2, -0.15) is 0 Å². The van der Waals surface area contributed by atoms with Gasteiger partial charge in [0.1, 0.15) is 5.75 Å². The number of ether oxygens (including phenoxy) is 1. The number of halogens is 4. The van der Waals surface area contributed by atoms with Crippen molar-refractivity contribution in [2.75, 3.05) is 22.6 Å². The largest absolute Gasteiger partial charge is 0.573 e. The van der Waals surface area contributed by atoms with Crippen LogP contribution in [0.15, 0.2) is 91.4 Å². The molecule has 40 heavy (non-hydrogen) atoms. The van der Waals surface area contributed by atoms with Crippen LogP contribution in [0.4, 0.5) is 35.2 Å². The third-order valence-corrected chi connectivity index (χ3v) is 6.06. The molecule has 8 nitrogen and oxygen atoms in total. The fourth-order valence-corrected chi connectivity index (χ4v) is 4.16. The number of alkyl halides is 3. The van der Waals surface area contributed by atoms with Crippen molar-refractivity contribution in [1.82, 2.24) is 14.4 Å². The number of imidazole rings is 1. The van der Waals surface area contributed by atoms with Crippen LogP contribution in [0.5, 0.6) is 5.75 Å². The third kappa shape index (κ3) is 6.62. The zero-order valence-corrected chi connectivity index (χ0v) is 21.7. The Morgan fingerprint density at radius 1 is 1.02 bits per heavy atom. The van der Waals surface area contributed by atoms with Gasteiger partial charge in [0.15, 0.2) is 11.5 Å². The predicted molar refractivity (Wildman–Crippen MR) is 148 cm³/mol. The van der Waals surface area contributed by atoms with Crippen LogP contribution >= 0.6 is 11.6 Å². The van der Waals surface area contributed by atoms with Crippen molar-refractivity contribution in [1.29, 1.82) is 0 Å². The SMILES string of the molecule is CN(Cc1ccc(Cl)cc1)c1nc(-c2cccc(NC(=O)Nc3ccc(OC(F)(F)F)cc3)c2)cn2ccnc12. The van der Waals surface area contributed by atoms with Gasteiger partial charge in [0.05, 0.1) is 5.69 Å². The van der Waals surface area contributed by atoms with Crippen LogP contribution in [0.25, 0.3) is 16.9 Å². The van der Waals surface area contributed by atoms with E-state index in [1.165, 1.54) is 12.1 Å². The first-order chi connectivity index (χ1) is 19.1. The third-order valence-electron chi connectivity index (χ3n) is 5.81. The Kier molecular flexibility index (Phi) is 7.47. The number of carbonyl (C=O) groups excluding carboxylic acids is 1. The van der Waals surface area contributed by atoms with E-state index >= 15 is 0 Å². The maximum atomic E-state index is 12.5. The number of hydrogen-bond acceptors (Lipinski definition) is 5. The molecule has 2 aromatic heterocycles. The number of hydrogen-bond donors (Lipinski definition) is 2. The Labute approximate surface area is 232 Å². The van der Waals surface area contributed by atoms with Gasteiger partial charge in [0, 0.05) is 54.1 Å². The number of aromatic nitrogens is 3. The topological polar surface area (TPSA) is 83.8 Å². The van der Waals surface area contributed by atoms with Gasteiger partial charge in [0.2, 0.25) is 0 Å². The number of benzene rings is 3. The van der Waals surface area contributed by atoms with E-state index in [2.05, 4.69) is 20.4 Å². The molecular formula is C28H22ClF3N6O2. The summed E-state index contributed by atoms with van der Waals surface area (Å²) in [5, 5.41) is 5.98. The lowest BCUT2D eigenvalue weighted by molar-refractivity contribution is -0.274. The molecule has 0 unspecified atom stereocenters. The zero-order chi connectivity index (χ0) is 28.3. The molecule has 2 heterocycles. The quantitative estimate of drug-likeness (QED) is 0.217. The molecule has 0 saturated heterocycles. The minimum absolute atomic E-state index is 0.295. The lowest BCUT2D eigenvalue weighted by atomic mass is 10.1. The molecular weight excluding hydrogens is 545 g/mol. The van der Waals surface area contributed by atoms with E-state index in [0.29, 0.717) is 40.1 Å². The number of carbonyl (C=O) groups is 1. The number of fused-ring (bicyclic) bond motifs is 1. The van der Waals surface area contributed by atoms with Gasteiger partial charge in [-0.1, -0.05) is 35.9 Å². The van der Waals surface area contributed by atoms with E-state index in [1.54, 1.807) is 24.4 Å². The monoisotopic (exact) mass is 566 g/mol. The molecule has 0 bridgehead atoms. The number of amides is 2. The van der Waals surface area contributed by atoms with Gasteiger partial charge < -0.3 is 24.7 Å². The van der Waals surface area contributed by atoms with E-state index in [0.717, 1.165) is 23.3 Å². The Morgan fingerprint density at radius 2 is 1.75 bits per heavy atom. The summed E-state index contributed by atoms with van der Waals surface area (Å²) in [7, 11) is 1.93. The van der Waals surface area contributed by atoms with E-state index in [-0.39, 0.29) is 5.75 Å². The second kappa shape index (κ2) is 11.1. The molecule has 2 amide bonds. The molecule has 0 radical (unpaired) electrons. The van der Waals surface area contributed by atoms with Crippen LogP contribution in [0, 0.1) is 0 Å². The van der Waals surface area contributed by atoms with E-state index in [1.807, 2.05) is 59.1 Å². The summed E-state index contributed by atoms with van der Waals surface area (Å²) in [5.74, 6) is 0.290. The first-order valence-corrected chi connectivity index (χ1v) is 12.3. The first-order valence-electron chi connectivity index (χ1n) is 12.0. The summed E-state index contributed by atoms with van der Waals surface area (Å²) in [5.41, 5.74) is 3.96. The highest BCUT2D eigenvalue weighted by molar-refractivity contribution is 6.30. The van der Waals surface area contributed by atoms with Gasteiger partial charge in [-0.3, -0.25) is 0 Å². The average Bonchev–Trinajstić information content (AvgIpc) is 3.39. The van der Waals surface area contributed by atoms with Crippen LogP contribution in [-0.2, 0) is 6.54 Å². The highest BCUT2D eigenvalue weighted by atomic mass is 35.5. The normalized spacial score (nSPS) is 11.3. The van der Waals surface area contributed by atoms with Gasteiger partial charge in [-0.05, 0) is 54.1 Å².